The largest absolute Gasteiger partial charge is 0.325 e. The Morgan fingerprint density at radius 3 is 2.54 bits per heavy atom. The van der Waals surface area contributed by atoms with Crippen molar-refractivity contribution in [3.05, 3.63) is 93.2 Å². The van der Waals surface area contributed by atoms with E-state index in [2.05, 4.69) is 58.7 Å². The van der Waals surface area contributed by atoms with Crippen molar-refractivity contribution in [3.8, 4) is 6.07 Å². The lowest BCUT2D eigenvalue weighted by atomic mass is 9.62. The number of carbonyl (C=O) groups excluding carboxylic acids is 2. The second kappa shape index (κ2) is 9.89. The van der Waals surface area contributed by atoms with E-state index in [1.54, 1.807) is 42.5 Å². The first kappa shape index (κ1) is 27.0. The maximum absolute atomic E-state index is 15.9. The monoisotopic (exact) mass is 588 g/mol. The zero-order valence-electron chi connectivity index (χ0n) is 22.2. The Morgan fingerprint density at radius 1 is 1.15 bits per heavy atom. The molecule has 3 aromatic carbocycles. The summed E-state index contributed by atoms with van der Waals surface area (Å²) in [7, 11) is 0. The molecular formula is C31H30BrFN4O2. The minimum Gasteiger partial charge on any atom is -0.325 e. The van der Waals surface area contributed by atoms with Gasteiger partial charge >= 0.3 is 0 Å². The molecule has 0 aromatic heterocycles. The lowest BCUT2D eigenvalue weighted by Gasteiger charge is -2.37. The highest BCUT2D eigenvalue weighted by atomic mass is 79.9. The van der Waals surface area contributed by atoms with Crippen molar-refractivity contribution >= 4 is 39.1 Å². The van der Waals surface area contributed by atoms with Gasteiger partial charge in [0.2, 0.25) is 11.8 Å². The Morgan fingerprint density at radius 2 is 1.87 bits per heavy atom. The van der Waals surface area contributed by atoms with Crippen LogP contribution in [-0.2, 0) is 15.0 Å². The molecule has 1 spiro atoms. The van der Waals surface area contributed by atoms with E-state index in [-0.39, 0.29) is 27.3 Å². The van der Waals surface area contributed by atoms with Crippen molar-refractivity contribution < 1.29 is 14.0 Å². The summed E-state index contributed by atoms with van der Waals surface area (Å²) in [5.74, 6) is -1.97. The van der Waals surface area contributed by atoms with Crippen LogP contribution in [0.15, 0.2) is 65.1 Å². The van der Waals surface area contributed by atoms with Gasteiger partial charge in [0, 0.05) is 23.3 Å². The molecule has 0 radical (unpaired) electrons. The minimum absolute atomic E-state index is 0.197. The van der Waals surface area contributed by atoms with Crippen LogP contribution in [0.2, 0.25) is 0 Å². The molecule has 5 rings (SSSR count). The van der Waals surface area contributed by atoms with E-state index in [1.165, 1.54) is 0 Å². The van der Waals surface area contributed by atoms with Gasteiger partial charge in [-0.3, -0.25) is 9.59 Å². The van der Waals surface area contributed by atoms with Gasteiger partial charge in [0.05, 0.1) is 22.1 Å². The fraction of sp³-hybridized carbons (Fsp3) is 0.323. The van der Waals surface area contributed by atoms with Crippen LogP contribution in [0.1, 0.15) is 55.4 Å². The van der Waals surface area contributed by atoms with Crippen molar-refractivity contribution in [3.63, 3.8) is 0 Å². The van der Waals surface area contributed by atoms with E-state index in [9.17, 15) is 9.59 Å². The maximum atomic E-state index is 15.9. The van der Waals surface area contributed by atoms with Crippen LogP contribution in [0.4, 0.5) is 15.8 Å². The van der Waals surface area contributed by atoms with Gasteiger partial charge in [-0.25, -0.2) is 4.39 Å². The van der Waals surface area contributed by atoms with Gasteiger partial charge in [0.1, 0.15) is 11.2 Å². The number of aryl methyl sites for hydroxylation is 1. The summed E-state index contributed by atoms with van der Waals surface area (Å²) >= 11 is 3.31. The molecular weight excluding hydrogens is 559 g/mol. The lowest BCUT2D eigenvalue weighted by Crippen LogP contribution is -2.49. The normalized spacial score (nSPS) is 23.8. The number of nitriles is 1. The molecule has 2 amide bonds. The summed E-state index contributed by atoms with van der Waals surface area (Å²) < 4.78 is 16.2. The molecule has 200 valence electrons. The zero-order chi connectivity index (χ0) is 28.1. The molecule has 6 nitrogen and oxygen atoms in total. The van der Waals surface area contributed by atoms with Gasteiger partial charge in [-0.05, 0) is 87.8 Å². The summed E-state index contributed by atoms with van der Waals surface area (Å²) in [5.41, 5.74) is 2.28. The lowest BCUT2D eigenvalue weighted by molar-refractivity contribution is -0.122. The van der Waals surface area contributed by atoms with Crippen molar-refractivity contribution in [1.82, 2.24) is 5.32 Å². The first-order valence-corrected chi connectivity index (χ1v) is 13.7. The van der Waals surface area contributed by atoms with Crippen molar-refractivity contribution in [2.24, 2.45) is 5.41 Å². The highest BCUT2D eigenvalue weighted by molar-refractivity contribution is 9.10. The SMILES string of the molecule is Cc1ccc2c(c1)NC(=O)[C@@]21C(CC(C)(C)C)N[C@@H](C(=O)Nc2ccc(C#N)cc2)C1c1cccc(Br)c1F. The summed E-state index contributed by atoms with van der Waals surface area (Å²) in [6, 6.07) is 18.1. The number of hydrogen-bond acceptors (Lipinski definition) is 4. The van der Waals surface area contributed by atoms with E-state index in [1.807, 2.05) is 25.1 Å². The molecule has 0 bridgehead atoms. The smallest absolute Gasteiger partial charge is 0.242 e. The number of carbonyl (C=O) groups is 2. The number of anilines is 2. The molecule has 4 atom stereocenters. The summed E-state index contributed by atoms with van der Waals surface area (Å²) in [6.07, 6.45) is 0.570. The highest BCUT2D eigenvalue weighted by Crippen LogP contribution is 2.57. The number of fused-ring (bicyclic) bond motifs is 2. The Bertz CT molecular complexity index is 1510. The van der Waals surface area contributed by atoms with E-state index in [0.29, 0.717) is 23.4 Å². The molecule has 39 heavy (non-hydrogen) atoms. The topological polar surface area (TPSA) is 94.0 Å². The van der Waals surface area contributed by atoms with Crippen LogP contribution >= 0.6 is 15.9 Å². The maximum Gasteiger partial charge on any atom is 0.242 e. The molecule has 0 aliphatic carbocycles. The number of nitrogens with zero attached hydrogens (tertiary/aromatic N) is 1. The number of nitrogens with one attached hydrogen (secondary N) is 3. The highest BCUT2D eigenvalue weighted by Gasteiger charge is 2.66. The predicted octanol–water partition coefficient (Wildman–Crippen LogP) is 6.16. The minimum atomic E-state index is -1.23. The van der Waals surface area contributed by atoms with E-state index in [4.69, 9.17) is 5.26 Å². The fourth-order valence-corrected chi connectivity index (χ4v) is 6.52. The van der Waals surface area contributed by atoms with Crippen LogP contribution in [-0.4, -0.2) is 23.9 Å². The molecule has 2 aliphatic heterocycles. The fourth-order valence-electron chi connectivity index (χ4n) is 6.14. The Labute approximate surface area is 236 Å². The third-order valence-electron chi connectivity index (χ3n) is 7.70. The average molecular weight is 590 g/mol. The van der Waals surface area contributed by atoms with Crippen LogP contribution < -0.4 is 16.0 Å². The van der Waals surface area contributed by atoms with Crippen LogP contribution in [0, 0.1) is 29.5 Å². The number of halogens is 2. The second-order valence-electron chi connectivity index (χ2n) is 11.6. The van der Waals surface area contributed by atoms with Gasteiger partial charge in [-0.1, -0.05) is 45.0 Å². The van der Waals surface area contributed by atoms with Crippen LogP contribution in [0.3, 0.4) is 0 Å². The second-order valence-corrected chi connectivity index (χ2v) is 12.5. The van der Waals surface area contributed by atoms with Gasteiger partial charge in [-0.15, -0.1) is 0 Å². The molecule has 1 saturated heterocycles. The summed E-state index contributed by atoms with van der Waals surface area (Å²) in [4.78, 5) is 28.2. The molecule has 0 saturated carbocycles. The first-order chi connectivity index (χ1) is 18.5. The number of amides is 2. The Balaban J connectivity index is 1.71. The summed E-state index contributed by atoms with van der Waals surface area (Å²) in [6.45, 7) is 8.22. The molecule has 2 unspecified atom stereocenters. The van der Waals surface area contributed by atoms with Gasteiger partial charge < -0.3 is 16.0 Å². The molecule has 1 fully saturated rings. The standard InChI is InChI=1S/C31H30BrFN4O2/c1-17-8-13-21-23(14-17)36-29(39)31(21)24(15-30(2,3)4)37-27(25(31)20-6-5-7-22(32)26(20)33)28(38)35-19-11-9-18(16-34)10-12-19/h5-14,24-25,27,37H,15H2,1-4H3,(H,35,38)(H,36,39)/t24?,25?,27-,31-/m1/s1. The quantitative estimate of drug-likeness (QED) is 0.340. The van der Waals surface area contributed by atoms with E-state index >= 15 is 4.39 Å². The van der Waals surface area contributed by atoms with Gasteiger partial charge in [-0.2, -0.15) is 5.26 Å². The van der Waals surface area contributed by atoms with Crippen LogP contribution in [0.25, 0.3) is 0 Å². The molecule has 2 heterocycles. The van der Waals surface area contributed by atoms with Crippen molar-refractivity contribution in [1.29, 1.82) is 5.26 Å². The third-order valence-corrected chi connectivity index (χ3v) is 8.31. The molecule has 8 heteroatoms. The van der Waals surface area contributed by atoms with E-state index in [0.717, 1.165) is 11.1 Å². The Kier molecular flexibility index (Phi) is 6.86. The number of hydrogen-bond donors (Lipinski definition) is 3. The first-order valence-electron chi connectivity index (χ1n) is 12.9. The molecule has 2 aliphatic rings. The van der Waals surface area contributed by atoms with Crippen LogP contribution in [0.5, 0.6) is 0 Å². The van der Waals surface area contributed by atoms with E-state index < -0.39 is 29.2 Å². The Hall–Kier alpha value is -3.54. The third kappa shape index (κ3) is 4.64. The number of rotatable bonds is 4. The van der Waals surface area contributed by atoms with Gasteiger partial charge in [0.25, 0.3) is 0 Å². The zero-order valence-corrected chi connectivity index (χ0v) is 23.8. The summed E-state index contributed by atoms with van der Waals surface area (Å²) in [5, 5.41) is 18.6. The average Bonchev–Trinajstić information content (AvgIpc) is 3.35. The molecule has 3 N–H and O–H groups in total. The number of benzene rings is 3. The van der Waals surface area contributed by atoms with Crippen molar-refractivity contribution in [2.75, 3.05) is 10.6 Å². The van der Waals surface area contributed by atoms with Crippen molar-refractivity contribution in [2.45, 2.75) is 57.5 Å². The molecule has 3 aromatic rings. The predicted molar refractivity (Wildman–Crippen MR) is 153 cm³/mol. The van der Waals surface area contributed by atoms with Gasteiger partial charge in [0.15, 0.2) is 0 Å².